The first-order valence-electron chi connectivity index (χ1n) is 12.5. The van der Waals surface area contributed by atoms with E-state index in [2.05, 4.69) is 43.0 Å². The quantitative estimate of drug-likeness (QED) is 0.115. The van der Waals surface area contributed by atoms with Gasteiger partial charge in [0.05, 0.1) is 25.4 Å². The van der Waals surface area contributed by atoms with Gasteiger partial charge in [-0.2, -0.15) is 0 Å². The van der Waals surface area contributed by atoms with Crippen molar-refractivity contribution in [3.63, 3.8) is 0 Å². The molecule has 8 nitrogen and oxygen atoms in total. The van der Waals surface area contributed by atoms with Gasteiger partial charge < -0.3 is 29.7 Å². The third-order valence-corrected chi connectivity index (χ3v) is 12.8. The lowest BCUT2D eigenvalue weighted by molar-refractivity contribution is -0.167. The van der Waals surface area contributed by atoms with Gasteiger partial charge >= 0.3 is 0 Å². The molecule has 3 N–H and O–H groups in total. The van der Waals surface area contributed by atoms with E-state index in [-0.39, 0.29) is 29.5 Å². The molecule has 0 radical (unpaired) electrons. The lowest BCUT2D eigenvalue weighted by Gasteiger charge is -2.28. The zero-order valence-corrected chi connectivity index (χ0v) is 23.9. The normalized spacial score (nSPS) is 26.1. The number of rotatable bonds is 13. The van der Waals surface area contributed by atoms with E-state index in [1.807, 2.05) is 13.8 Å². The van der Waals surface area contributed by atoms with E-state index < -0.39 is 14.1 Å². The molecule has 1 saturated carbocycles. The van der Waals surface area contributed by atoms with Crippen LogP contribution in [0, 0.1) is 0 Å². The molecule has 0 spiro atoms. The van der Waals surface area contributed by atoms with E-state index in [0.29, 0.717) is 36.3 Å². The topological polar surface area (TPSA) is 101 Å². The van der Waals surface area contributed by atoms with Crippen molar-refractivity contribution in [1.29, 1.82) is 0 Å². The van der Waals surface area contributed by atoms with E-state index in [1.54, 1.807) is 11.8 Å². The number of ether oxygens (including phenoxy) is 3. The summed E-state index contributed by atoms with van der Waals surface area (Å²) in [7, 11) is -1.63. The second-order valence-electron chi connectivity index (χ2n) is 9.46. The summed E-state index contributed by atoms with van der Waals surface area (Å²) in [6.45, 7) is 13.8. The minimum absolute atomic E-state index is 0.0784. The lowest BCUT2D eigenvalue weighted by atomic mass is 10.2. The number of hydrogen-bond donors (Lipinski definition) is 2. The largest absolute Gasteiger partial charge is 0.414 e. The highest BCUT2D eigenvalue weighted by molar-refractivity contribution is 7.99. The van der Waals surface area contributed by atoms with Crippen molar-refractivity contribution in [2.24, 2.45) is 0 Å². The number of halogens is 1. The van der Waals surface area contributed by atoms with Crippen molar-refractivity contribution >= 4 is 43.2 Å². The van der Waals surface area contributed by atoms with Gasteiger partial charge in [-0.25, -0.2) is 9.97 Å². The van der Waals surface area contributed by atoms with Crippen LogP contribution in [0.4, 0.5) is 11.5 Å². The van der Waals surface area contributed by atoms with E-state index in [9.17, 15) is 0 Å². The standard InChI is InChI=1S/C23H41ClN4O4SSi/c1-7-13-33-22-27-20(24)17(25)21(28-22)26-15-14-16(19-18(15)31-23(5,6)32-19)29-11-12-30-34(8-2,9-3)10-4/h15-16,18-19H,7-14,25H2,1-6H3,(H,26,27,28). The molecule has 2 fully saturated rings. The average molecular weight is 533 g/mol. The summed E-state index contributed by atoms with van der Waals surface area (Å²) in [6, 6.07) is 3.32. The van der Waals surface area contributed by atoms with Crippen LogP contribution in [-0.2, 0) is 18.6 Å². The maximum absolute atomic E-state index is 6.36. The van der Waals surface area contributed by atoms with Gasteiger partial charge in [-0.1, -0.05) is 51.1 Å². The predicted octanol–water partition coefficient (Wildman–Crippen LogP) is 5.33. The molecule has 1 aliphatic heterocycles. The summed E-state index contributed by atoms with van der Waals surface area (Å²) < 4.78 is 25.1. The number of nitrogens with two attached hydrogens (primary N) is 1. The third-order valence-electron chi connectivity index (χ3n) is 6.81. The van der Waals surface area contributed by atoms with Gasteiger partial charge in [0.2, 0.25) is 0 Å². The van der Waals surface area contributed by atoms with Crippen molar-refractivity contribution in [3.8, 4) is 0 Å². The van der Waals surface area contributed by atoms with Crippen LogP contribution in [0.2, 0.25) is 23.3 Å². The van der Waals surface area contributed by atoms with Gasteiger partial charge in [-0.05, 0) is 44.8 Å². The summed E-state index contributed by atoms with van der Waals surface area (Å²) in [4.78, 5) is 8.92. The molecule has 0 aromatic carbocycles. The molecule has 4 unspecified atom stereocenters. The van der Waals surface area contributed by atoms with Crippen LogP contribution in [0.3, 0.4) is 0 Å². The van der Waals surface area contributed by atoms with Crippen LogP contribution in [0.15, 0.2) is 5.16 Å². The van der Waals surface area contributed by atoms with Crippen molar-refractivity contribution in [2.45, 2.75) is 108 Å². The first-order chi connectivity index (χ1) is 16.2. The SMILES string of the molecule is CCCSc1nc(Cl)c(N)c(NC2CC(OCCO[Si](CC)(CC)CC)C3OC(C)(C)OC23)n1. The third kappa shape index (κ3) is 6.57. The Bertz CT molecular complexity index is 809. The number of nitrogens with zero attached hydrogens (tertiary/aromatic N) is 2. The van der Waals surface area contributed by atoms with Gasteiger partial charge in [-0.15, -0.1) is 0 Å². The molecule has 4 atom stereocenters. The van der Waals surface area contributed by atoms with Crippen LogP contribution < -0.4 is 11.1 Å². The first kappa shape index (κ1) is 28.0. The van der Waals surface area contributed by atoms with E-state index >= 15 is 0 Å². The molecule has 194 valence electrons. The summed E-state index contributed by atoms with van der Waals surface area (Å²) >= 11 is 7.87. The highest BCUT2D eigenvalue weighted by atomic mass is 35.5. The van der Waals surface area contributed by atoms with Gasteiger partial charge in [0.1, 0.15) is 17.9 Å². The number of anilines is 2. The van der Waals surface area contributed by atoms with Crippen LogP contribution >= 0.6 is 23.4 Å². The molecule has 1 saturated heterocycles. The summed E-state index contributed by atoms with van der Waals surface area (Å²) in [6.07, 6.45) is 1.26. The molecule has 1 aromatic heterocycles. The van der Waals surface area contributed by atoms with Crippen LogP contribution in [-0.4, -0.2) is 67.4 Å². The first-order valence-corrected chi connectivity index (χ1v) is 16.4. The molecule has 2 aliphatic rings. The van der Waals surface area contributed by atoms with Crippen LogP contribution in [0.5, 0.6) is 0 Å². The van der Waals surface area contributed by atoms with Gasteiger partial charge in [0, 0.05) is 5.75 Å². The smallest absolute Gasteiger partial charge is 0.192 e. The van der Waals surface area contributed by atoms with Crippen molar-refractivity contribution in [2.75, 3.05) is 30.0 Å². The summed E-state index contributed by atoms with van der Waals surface area (Å²) in [5.74, 6) is 0.763. The van der Waals surface area contributed by atoms with Crippen LogP contribution in [0.1, 0.15) is 54.4 Å². The number of fused-ring (bicyclic) bond motifs is 1. The van der Waals surface area contributed by atoms with Crippen molar-refractivity contribution in [1.82, 2.24) is 9.97 Å². The van der Waals surface area contributed by atoms with E-state index in [1.165, 1.54) is 0 Å². The Morgan fingerprint density at radius 2 is 1.79 bits per heavy atom. The molecule has 1 aromatic rings. The minimum Gasteiger partial charge on any atom is -0.414 e. The highest BCUT2D eigenvalue weighted by Crippen LogP contribution is 2.41. The Balaban J connectivity index is 1.67. The number of hydrogen-bond acceptors (Lipinski definition) is 9. The minimum atomic E-state index is -1.63. The fraction of sp³-hybridized carbons (Fsp3) is 0.826. The van der Waals surface area contributed by atoms with Crippen molar-refractivity contribution < 1.29 is 18.6 Å². The summed E-state index contributed by atoms with van der Waals surface area (Å²) in [5, 5.41) is 4.34. The fourth-order valence-electron chi connectivity index (χ4n) is 4.72. The van der Waals surface area contributed by atoms with Gasteiger partial charge in [0.25, 0.3) is 0 Å². The average Bonchev–Trinajstić information content (AvgIpc) is 3.29. The molecule has 1 aliphatic carbocycles. The maximum atomic E-state index is 6.36. The Hall–Kier alpha value is -0.623. The van der Waals surface area contributed by atoms with Gasteiger partial charge in [0.15, 0.2) is 30.2 Å². The number of aromatic nitrogens is 2. The second-order valence-corrected chi connectivity index (χ2v) is 15.7. The monoisotopic (exact) mass is 532 g/mol. The molecule has 34 heavy (non-hydrogen) atoms. The number of nitrogens with one attached hydrogen (secondary N) is 1. The molecule has 11 heteroatoms. The zero-order chi connectivity index (χ0) is 24.9. The zero-order valence-electron chi connectivity index (χ0n) is 21.4. The molecular formula is C23H41ClN4O4SSi. The molecule has 3 rings (SSSR count). The molecular weight excluding hydrogens is 492 g/mol. The summed E-state index contributed by atoms with van der Waals surface area (Å²) in [5.41, 5.74) is 6.56. The Morgan fingerprint density at radius 1 is 1.12 bits per heavy atom. The number of thioether (sulfide) groups is 1. The van der Waals surface area contributed by atoms with E-state index in [0.717, 1.165) is 30.3 Å². The second kappa shape index (κ2) is 12.1. The number of nitrogen functional groups attached to an aromatic ring is 1. The van der Waals surface area contributed by atoms with Gasteiger partial charge in [-0.3, -0.25) is 0 Å². The maximum Gasteiger partial charge on any atom is 0.192 e. The van der Waals surface area contributed by atoms with Crippen LogP contribution in [0.25, 0.3) is 0 Å². The Labute approximate surface area is 214 Å². The molecule has 0 amide bonds. The van der Waals surface area contributed by atoms with E-state index in [4.69, 9.17) is 36.0 Å². The lowest BCUT2D eigenvalue weighted by Crippen LogP contribution is -2.38. The molecule has 2 heterocycles. The van der Waals surface area contributed by atoms with Crippen molar-refractivity contribution in [3.05, 3.63) is 5.15 Å². The molecule has 0 bridgehead atoms. The Kier molecular flexibility index (Phi) is 9.93. The fourth-order valence-corrected chi connectivity index (χ4v) is 8.27. The predicted molar refractivity (Wildman–Crippen MR) is 141 cm³/mol. The highest BCUT2D eigenvalue weighted by Gasteiger charge is 2.54. The Morgan fingerprint density at radius 3 is 2.44 bits per heavy atom.